The molecule has 2 fully saturated rings. The number of carbonyl (C=O) groups is 2. The molecule has 1 aromatic rings. The third-order valence-corrected chi connectivity index (χ3v) is 6.30. The van der Waals surface area contributed by atoms with Crippen molar-refractivity contribution in [2.75, 3.05) is 13.2 Å². The zero-order chi connectivity index (χ0) is 18.9. The van der Waals surface area contributed by atoms with Gasteiger partial charge in [0.2, 0.25) is 5.91 Å². The number of nitrogens with zero attached hydrogens (tertiary/aromatic N) is 2. The van der Waals surface area contributed by atoms with Gasteiger partial charge in [0.25, 0.3) is 0 Å². The van der Waals surface area contributed by atoms with Gasteiger partial charge in [-0.2, -0.15) is 0 Å². The van der Waals surface area contributed by atoms with Crippen molar-refractivity contribution >= 4 is 30.0 Å². The standard InChI is InChI=1S/C17H21N3O5S/c1-10(21)13-14(22)20-7-17(16(23)24,26-15(13)20)8-25-12-4-2-11(3-5-12)6-19-9-18/h2-5,9-10,13,15,21H,6-8H2,1H3,(H2,18,19)(H,23,24)/t10-,13+,15-,17?/m1/s1. The molecule has 4 N–H and O–H groups in total. The molecule has 4 atom stereocenters. The lowest BCUT2D eigenvalue weighted by Crippen LogP contribution is -2.60. The summed E-state index contributed by atoms with van der Waals surface area (Å²) in [5, 5.41) is 19.1. The number of aliphatic carboxylic acids is 1. The van der Waals surface area contributed by atoms with Crippen LogP contribution in [0.5, 0.6) is 5.75 Å². The Bertz CT molecular complexity index is 724. The molecule has 2 saturated heterocycles. The molecule has 0 saturated carbocycles. The number of β-lactam (4-membered cyclic amide) rings is 1. The van der Waals surface area contributed by atoms with E-state index in [0.29, 0.717) is 12.3 Å². The average Bonchev–Trinajstić information content (AvgIpc) is 2.94. The lowest BCUT2D eigenvalue weighted by molar-refractivity contribution is -0.156. The van der Waals surface area contributed by atoms with Crippen LogP contribution in [-0.2, 0) is 16.1 Å². The van der Waals surface area contributed by atoms with E-state index >= 15 is 0 Å². The summed E-state index contributed by atoms with van der Waals surface area (Å²) in [4.78, 5) is 29.4. The molecule has 0 spiro atoms. The summed E-state index contributed by atoms with van der Waals surface area (Å²) < 4.78 is 4.46. The number of fused-ring (bicyclic) bond motifs is 1. The summed E-state index contributed by atoms with van der Waals surface area (Å²) in [5.41, 5.74) is 6.17. The summed E-state index contributed by atoms with van der Waals surface area (Å²) in [6.45, 7) is 2.02. The van der Waals surface area contributed by atoms with Gasteiger partial charge in [-0.05, 0) is 24.6 Å². The maximum absolute atomic E-state index is 12.1. The predicted molar refractivity (Wildman–Crippen MR) is 97.0 cm³/mol. The number of ether oxygens (including phenoxy) is 1. The van der Waals surface area contributed by atoms with Crippen molar-refractivity contribution in [3.63, 3.8) is 0 Å². The van der Waals surface area contributed by atoms with Crippen molar-refractivity contribution in [3.8, 4) is 5.75 Å². The number of carboxylic acid groups (broad SMARTS) is 1. The molecule has 0 aliphatic carbocycles. The number of rotatable bonds is 7. The second kappa shape index (κ2) is 7.16. The van der Waals surface area contributed by atoms with Crippen LogP contribution in [-0.4, -0.2) is 62.7 Å². The Morgan fingerprint density at radius 1 is 1.54 bits per heavy atom. The summed E-state index contributed by atoms with van der Waals surface area (Å²) in [5.74, 6) is -1.24. The van der Waals surface area contributed by atoms with E-state index in [-0.39, 0.29) is 24.4 Å². The maximum atomic E-state index is 12.1. The smallest absolute Gasteiger partial charge is 0.325 e. The highest BCUT2D eigenvalue weighted by Crippen LogP contribution is 2.50. The normalized spacial score (nSPS) is 28.7. The topological polar surface area (TPSA) is 125 Å². The quantitative estimate of drug-likeness (QED) is 0.353. The van der Waals surface area contributed by atoms with E-state index in [2.05, 4.69) is 4.99 Å². The van der Waals surface area contributed by atoms with Crippen molar-refractivity contribution in [1.82, 2.24) is 4.90 Å². The van der Waals surface area contributed by atoms with Crippen LogP contribution in [0.4, 0.5) is 0 Å². The van der Waals surface area contributed by atoms with Gasteiger partial charge in [0.1, 0.15) is 12.4 Å². The molecule has 0 aromatic heterocycles. The molecule has 26 heavy (non-hydrogen) atoms. The van der Waals surface area contributed by atoms with Crippen LogP contribution in [0.3, 0.4) is 0 Å². The number of hydrogen-bond acceptors (Lipinski definition) is 6. The van der Waals surface area contributed by atoms with E-state index in [1.165, 1.54) is 23.0 Å². The number of thioether (sulfide) groups is 1. The second-order valence-electron chi connectivity index (χ2n) is 6.46. The fraction of sp³-hybridized carbons (Fsp3) is 0.471. The summed E-state index contributed by atoms with van der Waals surface area (Å²) >= 11 is 1.18. The molecule has 0 bridgehead atoms. The van der Waals surface area contributed by atoms with Crippen LogP contribution in [0.25, 0.3) is 0 Å². The molecule has 1 aromatic carbocycles. The second-order valence-corrected chi connectivity index (χ2v) is 7.96. The molecule has 2 aliphatic rings. The number of benzene rings is 1. The first-order chi connectivity index (χ1) is 12.4. The van der Waals surface area contributed by atoms with Crippen LogP contribution in [0.15, 0.2) is 29.3 Å². The molecule has 9 heteroatoms. The first-order valence-electron chi connectivity index (χ1n) is 8.19. The van der Waals surface area contributed by atoms with E-state index in [9.17, 15) is 19.8 Å². The van der Waals surface area contributed by atoms with E-state index in [4.69, 9.17) is 10.5 Å². The van der Waals surface area contributed by atoms with Gasteiger partial charge in [0.05, 0.1) is 36.8 Å². The highest BCUT2D eigenvalue weighted by atomic mass is 32.2. The van der Waals surface area contributed by atoms with Crippen LogP contribution < -0.4 is 10.5 Å². The predicted octanol–water partition coefficient (Wildman–Crippen LogP) is 0.288. The maximum Gasteiger partial charge on any atom is 0.325 e. The zero-order valence-corrected chi connectivity index (χ0v) is 15.1. The number of amides is 1. The molecule has 1 unspecified atom stereocenters. The minimum absolute atomic E-state index is 0.0693. The van der Waals surface area contributed by atoms with E-state index in [0.717, 1.165) is 5.56 Å². The fourth-order valence-corrected chi connectivity index (χ4v) is 4.85. The lowest BCUT2D eigenvalue weighted by atomic mass is 9.92. The Kier molecular flexibility index (Phi) is 5.10. The van der Waals surface area contributed by atoms with E-state index < -0.39 is 22.7 Å². The number of carboxylic acids is 1. The number of aliphatic imine (C=N–C) groups is 1. The molecule has 2 aliphatic heterocycles. The zero-order valence-electron chi connectivity index (χ0n) is 14.2. The minimum atomic E-state index is -1.24. The Morgan fingerprint density at radius 3 is 2.81 bits per heavy atom. The van der Waals surface area contributed by atoms with Gasteiger partial charge in [0.15, 0.2) is 4.75 Å². The van der Waals surface area contributed by atoms with Gasteiger partial charge in [-0.1, -0.05) is 12.1 Å². The third-order valence-electron chi connectivity index (χ3n) is 4.64. The lowest BCUT2D eigenvalue weighted by Gasteiger charge is -2.42. The largest absolute Gasteiger partial charge is 0.491 e. The van der Waals surface area contributed by atoms with Crippen LogP contribution in [0.1, 0.15) is 12.5 Å². The molecule has 8 nitrogen and oxygen atoms in total. The molecular weight excluding hydrogens is 358 g/mol. The Balaban J connectivity index is 1.67. The van der Waals surface area contributed by atoms with Gasteiger partial charge < -0.3 is 25.6 Å². The Hall–Kier alpha value is -2.26. The summed E-state index contributed by atoms with van der Waals surface area (Å²) in [6.07, 6.45) is 0.439. The SMILES string of the molecule is C[C@@H](O)[C@H]1C(=O)N2CC(COc3ccc(CN=CN)cc3)(C(=O)O)S[C@H]12. The van der Waals surface area contributed by atoms with Crippen molar-refractivity contribution in [1.29, 1.82) is 0 Å². The van der Waals surface area contributed by atoms with Crippen LogP contribution >= 0.6 is 11.8 Å². The van der Waals surface area contributed by atoms with Gasteiger partial charge in [-0.3, -0.25) is 14.6 Å². The Morgan fingerprint density at radius 2 is 2.23 bits per heavy atom. The summed E-state index contributed by atoms with van der Waals surface area (Å²) in [7, 11) is 0. The average molecular weight is 379 g/mol. The first kappa shape index (κ1) is 18.5. The molecule has 140 valence electrons. The molecular formula is C17H21N3O5S. The molecule has 2 heterocycles. The molecule has 0 radical (unpaired) electrons. The summed E-state index contributed by atoms with van der Waals surface area (Å²) in [6, 6.07) is 7.15. The first-order valence-corrected chi connectivity index (χ1v) is 9.07. The number of carbonyl (C=O) groups excluding carboxylic acids is 1. The highest BCUT2D eigenvalue weighted by Gasteiger charge is 2.63. The number of aliphatic hydroxyl groups excluding tert-OH is 1. The monoisotopic (exact) mass is 379 g/mol. The van der Waals surface area contributed by atoms with Crippen molar-refractivity contribution in [2.24, 2.45) is 16.6 Å². The molecule has 3 rings (SSSR count). The van der Waals surface area contributed by atoms with E-state index in [1.807, 2.05) is 12.1 Å². The van der Waals surface area contributed by atoms with Crippen LogP contribution in [0, 0.1) is 5.92 Å². The number of hydrogen-bond donors (Lipinski definition) is 3. The van der Waals surface area contributed by atoms with Crippen LogP contribution in [0.2, 0.25) is 0 Å². The minimum Gasteiger partial charge on any atom is -0.491 e. The fourth-order valence-electron chi connectivity index (χ4n) is 3.15. The Labute approximate surface area is 155 Å². The van der Waals surface area contributed by atoms with Crippen molar-refractivity contribution in [3.05, 3.63) is 29.8 Å². The van der Waals surface area contributed by atoms with Crippen molar-refractivity contribution < 1.29 is 24.5 Å². The van der Waals surface area contributed by atoms with Gasteiger partial charge in [-0.25, -0.2) is 0 Å². The van der Waals surface area contributed by atoms with Gasteiger partial charge >= 0.3 is 5.97 Å². The number of aliphatic hydroxyl groups is 1. The highest BCUT2D eigenvalue weighted by molar-refractivity contribution is 8.02. The van der Waals surface area contributed by atoms with E-state index in [1.54, 1.807) is 19.1 Å². The molecule has 1 amide bonds. The van der Waals surface area contributed by atoms with Crippen molar-refractivity contribution in [2.45, 2.75) is 29.7 Å². The third kappa shape index (κ3) is 3.24. The number of nitrogens with two attached hydrogens (primary N) is 1. The van der Waals surface area contributed by atoms with Gasteiger partial charge in [-0.15, -0.1) is 11.8 Å². The van der Waals surface area contributed by atoms with Gasteiger partial charge in [0, 0.05) is 0 Å².